The summed E-state index contributed by atoms with van der Waals surface area (Å²) < 4.78 is 14.2. The molecule has 38 heavy (non-hydrogen) atoms. The quantitative estimate of drug-likeness (QED) is 0.287. The number of carbonyl (C=O) groups is 1. The van der Waals surface area contributed by atoms with E-state index in [2.05, 4.69) is 31.9 Å². The van der Waals surface area contributed by atoms with Gasteiger partial charge in [-0.15, -0.1) is 0 Å². The van der Waals surface area contributed by atoms with Crippen LogP contribution in [0.15, 0.2) is 86.7 Å². The number of hydrogen-bond acceptors (Lipinski definition) is 5. The largest absolute Gasteiger partial charge is 0.494 e. The fourth-order valence-electron chi connectivity index (χ4n) is 5.06. The van der Waals surface area contributed by atoms with Gasteiger partial charge in [0.25, 0.3) is 5.91 Å². The average molecular weight is 642 g/mol. The van der Waals surface area contributed by atoms with Gasteiger partial charge in [0, 0.05) is 52.6 Å². The average Bonchev–Trinajstić information content (AvgIpc) is 3.60. The van der Waals surface area contributed by atoms with Crippen LogP contribution >= 0.6 is 31.9 Å². The Hall–Kier alpha value is -2.68. The molecule has 1 amide bonds. The second kappa shape index (κ2) is 12.0. The summed E-state index contributed by atoms with van der Waals surface area (Å²) in [4.78, 5) is 21.5. The zero-order valence-corrected chi connectivity index (χ0v) is 24.2. The molecule has 8 heteroatoms. The number of likely N-dealkylation sites (tertiary alicyclic amines) is 1. The molecule has 0 unspecified atom stereocenters. The van der Waals surface area contributed by atoms with Crippen molar-refractivity contribution in [3.8, 4) is 5.75 Å². The number of nitrogens with zero attached hydrogens (tertiary/aromatic N) is 2. The Morgan fingerprint density at radius 1 is 1.00 bits per heavy atom. The van der Waals surface area contributed by atoms with E-state index in [0.29, 0.717) is 31.1 Å². The number of ether oxygens (including phenoxy) is 2. The molecule has 198 valence electrons. The van der Waals surface area contributed by atoms with Crippen molar-refractivity contribution in [1.29, 1.82) is 0 Å². The lowest BCUT2D eigenvalue weighted by Gasteiger charge is -2.34. The Kier molecular flexibility index (Phi) is 8.51. The maximum absolute atomic E-state index is 14.4. The highest BCUT2D eigenvalue weighted by molar-refractivity contribution is 9.10. The standard InChI is InChI=1S/C30H30Br2N2O4/c31-25-10-3-1-8-22(25)20-30(29(36)34-16-5-6-17-34)27(24-9-2-4-11-26(24)32)38-28(33-30)21-12-14-23(15-13-21)37-19-7-18-35/h1-4,8-15,27,35H,5-7,16-20H2/t27-,30-/m1/s1. The monoisotopic (exact) mass is 640 g/mol. The number of aliphatic imine (C=N–C) groups is 1. The van der Waals surface area contributed by atoms with Gasteiger partial charge in [-0.1, -0.05) is 68.3 Å². The van der Waals surface area contributed by atoms with Gasteiger partial charge in [0.05, 0.1) is 6.61 Å². The number of carbonyl (C=O) groups excluding carboxylic acids is 1. The summed E-state index contributed by atoms with van der Waals surface area (Å²) in [6.07, 6.45) is 2.33. The molecular formula is C30H30Br2N2O4. The van der Waals surface area contributed by atoms with Crippen molar-refractivity contribution in [2.45, 2.75) is 37.3 Å². The molecule has 0 saturated carbocycles. The van der Waals surface area contributed by atoms with E-state index in [1.165, 1.54) is 0 Å². The van der Waals surface area contributed by atoms with Gasteiger partial charge in [0.1, 0.15) is 5.75 Å². The molecule has 6 nitrogen and oxygen atoms in total. The van der Waals surface area contributed by atoms with Crippen molar-refractivity contribution in [3.63, 3.8) is 0 Å². The zero-order valence-electron chi connectivity index (χ0n) is 21.0. The normalized spacial score (nSPS) is 20.8. The van der Waals surface area contributed by atoms with Crippen molar-refractivity contribution in [3.05, 3.63) is 98.4 Å². The molecule has 0 radical (unpaired) electrons. The minimum atomic E-state index is -1.18. The Morgan fingerprint density at radius 2 is 1.68 bits per heavy atom. The first-order valence-electron chi connectivity index (χ1n) is 12.9. The number of rotatable bonds is 9. The number of aliphatic hydroxyl groups is 1. The van der Waals surface area contributed by atoms with Crippen LogP contribution in [0.25, 0.3) is 0 Å². The first-order valence-corrected chi connectivity index (χ1v) is 14.5. The maximum atomic E-state index is 14.4. The lowest BCUT2D eigenvalue weighted by molar-refractivity contribution is -0.138. The minimum Gasteiger partial charge on any atom is -0.494 e. The molecule has 2 heterocycles. The zero-order chi connectivity index (χ0) is 26.5. The molecule has 1 N–H and O–H groups in total. The van der Waals surface area contributed by atoms with Crippen LogP contribution in [0.3, 0.4) is 0 Å². The van der Waals surface area contributed by atoms with Crippen LogP contribution < -0.4 is 4.74 Å². The molecule has 2 atom stereocenters. The van der Waals surface area contributed by atoms with Gasteiger partial charge < -0.3 is 19.5 Å². The number of aliphatic hydroxyl groups excluding tert-OH is 1. The molecule has 0 aromatic heterocycles. The molecule has 5 rings (SSSR count). The molecule has 2 aliphatic heterocycles. The van der Waals surface area contributed by atoms with Crippen LogP contribution in [0.1, 0.15) is 42.1 Å². The predicted octanol–water partition coefficient (Wildman–Crippen LogP) is 6.09. The van der Waals surface area contributed by atoms with Crippen LogP contribution in [-0.4, -0.2) is 53.7 Å². The Labute approximate surface area is 239 Å². The Balaban J connectivity index is 1.60. The topological polar surface area (TPSA) is 71.4 Å². The third-order valence-electron chi connectivity index (χ3n) is 7.01. The van der Waals surface area contributed by atoms with E-state index in [1.54, 1.807) is 0 Å². The van der Waals surface area contributed by atoms with Crippen molar-refractivity contribution in [2.75, 3.05) is 26.3 Å². The van der Waals surface area contributed by atoms with Crippen LogP contribution in [0.2, 0.25) is 0 Å². The van der Waals surface area contributed by atoms with Crippen LogP contribution in [0.4, 0.5) is 0 Å². The molecule has 0 aliphatic carbocycles. The summed E-state index contributed by atoms with van der Waals surface area (Å²) in [7, 11) is 0. The highest BCUT2D eigenvalue weighted by atomic mass is 79.9. The predicted molar refractivity (Wildman–Crippen MR) is 155 cm³/mol. The summed E-state index contributed by atoms with van der Waals surface area (Å²) in [5.74, 6) is 1.13. The summed E-state index contributed by atoms with van der Waals surface area (Å²) in [5, 5.41) is 9.02. The van der Waals surface area contributed by atoms with E-state index in [1.807, 2.05) is 77.7 Å². The molecule has 1 saturated heterocycles. The van der Waals surface area contributed by atoms with E-state index in [9.17, 15) is 4.79 Å². The van der Waals surface area contributed by atoms with Crippen molar-refractivity contribution >= 4 is 43.7 Å². The van der Waals surface area contributed by atoms with Gasteiger partial charge in [-0.05, 0) is 54.8 Å². The van der Waals surface area contributed by atoms with Crippen molar-refractivity contribution in [1.82, 2.24) is 4.90 Å². The highest BCUT2D eigenvalue weighted by Crippen LogP contribution is 2.46. The van der Waals surface area contributed by atoms with Gasteiger partial charge in [-0.2, -0.15) is 0 Å². The summed E-state index contributed by atoms with van der Waals surface area (Å²) in [6.45, 7) is 1.98. The first kappa shape index (κ1) is 26.9. The molecule has 2 aliphatic rings. The fourth-order valence-corrected chi connectivity index (χ4v) is 5.98. The molecule has 1 fully saturated rings. The van der Waals surface area contributed by atoms with Crippen molar-refractivity contribution < 1.29 is 19.4 Å². The second-order valence-corrected chi connectivity index (χ2v) is 11.3. The lowest BCUT2D eigenvalue weighted by Crippen LogP contribution is -2.51. The lowest BCUT2D eigenvalue weighted by atomic mass is 9.81. The minimum absolute atomic E-state index is 0.00883. The maximum Gasteiger partial charge on any atom is 0.255 e. The van der Waals surface area contributed by atoms with Gasteiger partial charge in [-0.25, -0.2) is 4.99 Å². The number of amides is 1. The smallest absolute Gasteiger partial charge is 0.255 e. The van der Waals surface area contributed by atoms with E-state index >= 15 is 0 Å². The second-order valence-electron chi connectivity index (χ2n) is 9.58. The van der Waals surface area contributed by atoms with E-state index < -0.39 is 11.6 Å². The summed E-state index contributed by atoms with van der Waals surface area (Å²) in [6, 6.07) is 23.4. The third kappa shape index (κ3) is 5.53. The third-order valence-corrected chi connectivity index (χ3v) is 8.50. The molecule has 3 aromatic carbocycles. The van der Waals surface area contributed by atoms with Gasteiger partial charge in [0.2, 0.25) is 5.90 Å². The molecule has 0 spiro atoms. The van der Waals surface area contributed by atoms with Gasteiger partial charge >= 0.3 is 0 Å². The molecule has 3 aromatic rings. The highest BCUT2D eigenvalue weighted by Gasteiger charge is 2.55. The molecule has 0 bridgehead atoms. The van der Waals surface area contributed by atoms with Gasteiger partial charge in [0.15, 0.2) is 11.6 Å². The number of halogens is 2. The van der Waals surface area contributed by atoms with Gasteiger partial charge in [-0.3, -0.25) is 4.79 Å². The van der Waals surface area contributed by atoms with E-state index in [4.69, 9.17) is 19.6 Å². The van der Waals surface area contributed by atoms with Crippen LogP contribution in [-0.2, 0) is 16.0 Å². The Morgan fingerprint density at radius 3 is 2.37 bits per heavy atom. The van der Waals surface area contributed by atoms with Crippen LogP contribution in [0.5, 0.6) is 5.75 Å². The van der Waals surface area contributed by atoms with Crippen molar-refractivity contribution in [2.24, 2.45) is 4.99 Å². The SMILES string of the molecule is O=C(N1CCCC1)[C@]1(Cc2ccccc2Br)N=C(c2ccc(OCCCO)cc2)O[C@@H]1c1ccccc1Br. The van der Waals surface area contributed by atoms with Crippen LogP contribution in [0, 0.1) is 0 Å². The number of benzene rings is 3. The van der Waals surface area contributed by atoms with E-state index in [-0.39, 0.29) is 12.5 Å². The van der Waals surface area contributed by atoms with E-state index in [0.717, 1.165) is 51.6 Å². The number of hydrogen-bond donors (Lipinski definition) is 1. The molecular weight excluding hydrogens is 612 g/mol. The Bertz CT molecular complexity index is 1310. The summed E-state index contributed by atoms with van der Waals surface area (Å²) >= 11 is 7.40. The first-order chi connectivity index (χ1) is 18.5. The fraction of sp³-hybridized carbons (Fsp3) is 0.333. The summed E-state index contributed by atoms with van der Waals surface area (Å²) in [5.41, 5.74) is 1.48.